The lowest BCUT2D eigenvalue weighted by Gasteiger charge is -2.24. The van der Waals surface area contributed by atoms with Gasteiger partial charge in [-0.25, -0.2) is 4.98 Å². The van der Waals surface area contributed by atoms with E-state index in [1.54, 1.807) is 29.7 Å². The normalized spacial score (nSPS) is 17.1. The Morgan fingerprint density at radius 2 is 2.26 bits per heavy atom. The van der Waals surface area contributed by atoms with E-state index in [0.29, 0.717) is 33.8 Å². The molecule has 5 rings (SSSR count). The summed E-state index contributed by atoms with van der Waals surface area (Å²) >= 11 is 1.69. The Labute approximate surface area is 159 Å². The molecule has 0 saturated carbocycles. The smallest absolute Gasteiger partial charge is 0.259 e. The predicted molar refractivity (Wildman–Crippen MR) is 102 cm³/mol. The minimum Gasteiger partial charge on any atom is -0.463 e. The highest BCUT2D eigenvalue weighted by atomic mass is 32.1. The molecule has 27 heavy (non-hydrogen) atoms. The van der Waals surface area contributed by atoms with Crippen LogP contribution in [0, 0.1) is 6.92 Å². The number of hydrogen-bond acceptors (Lipinski definition) is 6. The second-order valence-corrected chi connectivity index (χ2v) is 7.63. The molecule has 0 radical (unpaired) electrons. The number of fused-ring (bicyclic) bond motifs is 1. The van der Waals surface area contributed by atoms with Gasteiger partial charge in [-0.15, -0.1) is 11.3 Å². The van der Waals surface area contributed by atoms with Crippen molar-refractivity contribution in [1.82, 2.24) is 15.0 Å². The van der Waals surface area contributed by atoms with E-state index in [-0.39, 0.29) is 11.9 Å². The van der Waals surface area contributed by atoms with E-state index in [0.717, 1.165) is 19.4 Å². The number of aryl methyl sites for hydroxylation is 1. The molecular formula is C20H17N3O3S. The maximum Gasteiger partial charge on any atom is 0.259 e. The Morgan fingerprint density at radius 3 is 3.04 bits per heavy atom. The van der Waals surface area contributed by atoms with Crippen LogP contribution in [0.2, 0.25) is 0 Å². The molecule has 4 aromatic heterocycles. The third kappa shape index (κ3) is 2.66. The zero-order chi connectivity index (χ0) is 18.4. The average molecular weight is 379 g/mol. The van der Waals surface area contributed by atoms with Gasteiger partial charge >= 0.3 is 0 Å². The van der Waals surface area contributed by atoms with E-state index in [4.69, 9.17) is 8.94 Å². The zero-order valence-corrected chi connectivity index (χ0v) is 15.5. The van der Waals surface area contributed by atoms with Crippen LogP contribution in [0.5, 0.6) is 0 Å². The second kappa shape index (κ2) is 6.35. The first-order valence-electron chi connectivity index (χ1n) is 8.87. The van der Waals surface area contributed by atoms with Crippen molar-refractivity contribution in [3.05, 3.63) is 58.1 Å². The third-order valence-electron chi connectivity index (χ3n) is 5.01. The van der Waals surface area contributed by atoms with Crippen molar-refractivity contribution in [2.24, 2.45) is 0 Å². The zero-order valence-electron chi connectivity index (χ0n) is 14.7. The minimum absolute atomic E-state index is 0.0163. The maximum absolute atomic E-state index is 13.5. The van der Waals surface area contributed by atoms with Crippen molar-refractivity contribution in [1.29, 1.82) is 0 Å². The summed E-state index contributed by atoms with van der Waals surface area (Å²) in [6, 6.07) is 9.65. The lowest BCUT2D eigenvalue weighted by Crippen LogP contribution is -2.30. The van der Waals surface area contributed by atoms with Gasteiger partial charge in [-0.1, -0.05) is 11.2 Å². The number of rotatable bonds is 3. The largest absolute Gasteiger partial charge is 0.463 e. The number of likely N-dealkylation sites (tertiary alicyclic amines) is 1. The highest BCUT2D eigenvalue weighted by Crippen LogP contribution is 2.37. The van der Waals surface area contributed by atoms with E-state index in [2.05, 4.69) is 21.6 Å². The molecule has 1 amide bonds. The molecule has 1 fully saturated rings. The van der Waals surface area contributed by atoms with Crippen LogP contribution in [0.1, 0.15) is 39.8 Å². The summed E-state index contributed by atoms with van der Waals surface area (Å²) in [6.07, 6.45) is 3.56. The summed E-state index contributed by atoms with van der Waals surface area (Å²) in [5.41, 5.74) is 2.16. The molecule has 0 N–H and O–H groups in total. The first kappa shape index (κ1) is 16.3. The number of amides is 1. The molecule has 7 heteroatoms. The predicted octanol–water partition coefficient (Wildman–Crippen LogP) is 4.83. The van der Waals surface area contributed by atoms with Crippen LogP contribution >= 0.6 is 11.3 Å². The molecule has 0 bridgehead atoms. The lowest BCUT2D eigenvalue weighted by molar-refractivity contribution is 0.0739. The van der Waals surface area contributed by atoms with E-state index in [1.807, 2.05) is 24.0 Å². The Bertz CT molecular complexity index is 1100. The van der Waals surface area contributed by atoms with Gasteiger partial charge in [-0.2, -0.15) is 0 Å². The molecular weight excluding hydrogens is 362 g/mol. The van der Waals surface area contributed by atoms with Crippen molar-refractivity contribution in [2.75, 3.05) is 6.54 Å². The number of carbonyl (C=O) groups is 1. The fourth-order valence-electron chi connectivity index (χ4n) is 3.76. The average Bonchev–Trinajstić information content (AvgIpc) is 3.47. The molecule has 0 aromatic carbocycles. The summed E-state index contributed by atoms with van der Waals surface area (Å²) in [6.45, 7) is 2.57. The number of furan rings is 1. The Hall–Kier alpha value is -2.93. The summed E-state index contributed by atoms with van der Waals surface area (Å²) < 4.78 is 10.8. The van der Waals surface area contributed by atoms with Crippen molar-refractivity contribution < 1.29 is 13.7 Å². The van der Waals surface area contributed by atoms with Gasteiger partial charge in [-0.3, -0.25) is 4.79 Å². The molecule has 4 aromatic rings. The van der Waals surface area contributed by atoms with Gasteiger partial charge in [0.1, 0.15) is 5.69 Å². The van der Waals surface area contributed by atoms with Gasteiger partial charge in [0.2, 0.25) is 0 Å². The Kier molecular flexibility index (Phi) is 3.82. The quantitative estimate of drug-likeness (QED) is 0.510. The molecule has 1 saturated heterocycles. The van der Waals surface area contributed by atoms with Crippen molar-refractivity contribution in [2.45, 2.75) is 25.8 Å². The van der Waals surface area contributed by atoms with E-state index >= 15 is 0 Å². The number of carbonyl (C=O) groups excluding carboxylic acids is 1. The van der Waals surface area contributed by atoms with Gasteiger partial charge < -0.3 is 13.8 Å². The van der Waals surface area contributed by atoms with Crippen LogP contribution in [0.15, 0.2) is 50.9 Å². The monoisotopic (exact) mass is 379 g/mol. The highest BCUT2D eigenvalue weighted by Gasteiger charge is 2.33. The van der Waals surface area contributed by atoms with Crippen LogP contribution in [0.3, 0.4) is 0 Å². The van der Waals surface area contributed by atoms with Crippen LogP contribution in [0.25, 0.3) is 22.6 Å². The first-order chi connectivity index (χ1) is 13.2. The Morgan fingerprint density at radius 1 is 1.33 bits per heavy atom. The number of pyridine rings is 1. The fraction of sp³-hybridized carbons (Fsp3) is 0.250. The van der Waals surface area contributed by atoms with Gasteiger partial charge in [0.05, 0.1) is 28.9 Å². The van der Waals surface area contributed by atoms with E-state index in [9.17, 15) is 4.79 Å². The van der Waals surface area contributed by atoms with Crippen molar-refractivity contribution in [3.8, 4) is 11.5 Å². The number of hydrogen-bond donors (Lipinski definition) is 0. The van der Waals surface area contributed by atoms with Crippen molar-refractivity contribution in [3.63, 3.8) is 0 Å². The summed E-state index contributed by atoms with van der Waals surface area (Å²) in [7, 11) is 0. The highest BCUT2D eigenvalue weighted by molar-refractivity contribution is 7.10. The topological polar surface area (TPSA) is 72.4 Å². The molecule has 0 spiro atoms. The van der Waals surface area contributed by atoms with Gasteiger partial charge in [-0.05, 0) is 49.4 Å². The third-order valence-corrected chi connectivity index (χ3v) is 5.98. The van der Waals surface area contributed by atoms with Gasteiger partial charge in [0.25, 0.3) is 11.6 Å². The fourth-order valence-corrected chi connectivity index (χ4v) is 4.63. The molecule has 136 valence electrons. The standard InChI is InChI=1S/C20H17N3O3S/c1-12-18-13(11-14(16-6-3-9-25-16)21-19(18)26-22-12)20(24)23-8-2-5-15(23)17-7-4-10-27-17/h3-4,6-7,9-11,15H,2,5,8H2,1H3. The minimum atomic E-state index is -0.0163. The molecule has 1 atom stereocenters. The molecule has 6 nitrogen and oxygen atoms in total. The van der Waals surface area contributed by atoms with Gasteiger partial charge in [0.15, 0.2) is 5.76 Å². The molecule has 5 heterocycles. The van der Waals surface area contributed by atoms with Crippen LogP contribution < -0.4 is 0 Å². The van der Waals surface area contributed by atoms with Gasteiger partial charge in [0, 0.05) is 11.4 Å². The number of thiophene rings is 1. The SMILES string of the molecule is Cc1noc2nc(-c3ccco3)cc(C(=O)N3CCCC3c3cccs3)c12. The molecule has 1 unspecified atom stereocenters. The van der Waals surface area contributed by atoms with Crippen LogP contribution in [-0.4, -0.2) is 27.5 Å². The molecule has 1 aliphatic rings. The summed E-state index contributed by atoms with van der Waals surface area (Å²) in [5, 5.41) is 6.75. The summed E-state index contributed by atoms with van der Waals surface area (Å²) in [5.74, 6) is 0.577. The van der Waals surface area contributed by atoms with Crippen LogP contribution in [-0.2, 0) is 0 Å². The second-order valence-electron chi connectivity index (χ2n) is 6.65. The van der Waals surface area contributed by atoms with E-state index in [1.165, 1.54) is 4.88 Å². The molecule has 1 aliphatic heterocycles. The lowest BCUT2D eigenvalue weighted by atomic mass is 10.1. The van der Waals surface area contributed by atoms with Crippen molar-refractivity contribution >= 4 is 28.3 Å². The molecule has 0 aliphatic carbocycles. The summed E-state index contributed by atoms with van der Waals surface area (Å²) in [4.78, 5) is 21.2. The van der Waals surface area contributed by atoms with E-state index < -0.39 is 0 Å². The first-order valence-corrected chi connectivity index (χ1v) is 9.75. The number of aromatic nitrogens is 2. The maximum atomic E-state index is 13.5. The Balaban J connectivity index is 1.63. The van der Waals surface area contributed by atoms with Crippen LogP contribution in [0.4, 0.5) is 0 Å². The number of nitrogens with zero attached hydrogens (tertiary/aromatic N) is 3.